The van der Waals surface area contributed by atoms with Gasteiger partial charge in [-0.25, -0.2) is 9.78 Å². The van der Waals surface area contributed by atoms with Crippen molar-refractivity contribution in [1.29, 1.82) is 0 Å². The smallest absolute Gasteiger partial charge is 0.326 e. The number of carboxylic acid groups (broad SMARTS) is 1. The van der Waals surface area contributed by atoms with E-state index >= 15 is 0 Å². The fourth-order valence-electron chi connectivity index (χ4n) is 2.64. The summed E-state index contributed by atoms with van der Waals surface area (Å²) in [5.74, 6) is -2.15. The molecule has 0 aromatic carbocycles. The Morgan fingerprint density at radius 1 is 1.46 bits per heavy atom. The van der Waals surface area contributed by atoms with Gasteiger partial charge in [0.2, 0.25) is 11.8 Å². The number of likely N-dealkylation sites (tertiary alicyclic amines) is 1. The number of hydrogen-bond donors (Lipinski definition) is 3. The van der Waals surface area contributed by atoms with Crippen LogP contribution in [0.5, 0.6) is 0 Å². The van der Waals surface area contributed by atoms with E-state index < -0.39 is 30.1 Å². The molecule has 1 aliphatic heterocycles. The number of pyridine rings is 1. The van der Waals surface area contributed by atoms with Crippen LogP contribution >= 0.6 is 11.6 Å². The second-order valence-electron chi connectivity index (χ2n) is 5.67. The summed E-state index contributed by atoms with van der Waals surface area (Å²) in [7, 11) is 0. The highest BCUT2D eigenvalue weighted by Gasteiger charge is 2.38. The molecule has 3 N–H and O–H groups in total. The topological polar surface area (TPSA) is 120 Å². The molecule has 130 valence electrons. The quantitative estimate of drug-likeness (QED) is 0.631. The van der Waals surface area contributed by atoms with E-state index in [0.29, 0.717) is 5.56 Å². The Kier molecular flexibility index (Phi) is 5.74. The number of aliphatic hydroxyl groups excluding tert-OH is 1. The van der Waals surface area contributed by atoms with Crippen LogP contribution in [-0.2, 0) is 20.8 Å². The van der Waals surface area contributed by atoms with Crippen molar-refractivity contribution >= 4 is 29.4 Å². The first-order valence-corrected chi connectivity index (χ1v) is 7.74. The highest BCUT2D eigenvalue weighted by atomic mass is 35.5. The Morgan fingerprint density at radius 3 is 2.71 bits per heavy atom. The highest BCUT2D eigenvalue weighted by Crippen LogP contribution is 2.18. The highest BCUT2D eigenvalue weighted by molar-refractivity contribution is 6.29. The van der Waals surface area contributed by atoms with E-state index in [0.717, 1.165) is 0 Å². The molecule has 1 fully saturated rings. The normalized spacial score (nSPS) is 21.4. The second-order valence-corrected chi connectivity index (χ2v) is 6.06. The molecule has 1 aromatic heterocycles. The van der Waals surface area contributed by atoms with Crippen LogP contribution in [0.2, 0.25) is 5.15 Å². The number of hydrogen-bond acceptors (Lipinski definition) is 5. The van der Waals surface area contributed by atoms with Gasteiger partial charge in [-0.15, -0.1) is 0 Å². The van der Waals surface area contributed by atoms with Gasteiger partial charge in [-0.1, -0.05) is 17.7 Å². The monoisotopic (exact) mass is 355 g/mol. The van der Waals surface area contributed by atoms with Crippen LogP contribution in [0, 0.1) is 0 Å². The van der Waals surface area contributed by atoms with Crippen molar-refractivity contribution in [2.24, 2.45) is 0 Å². The third kappa shape index (κ3) is 4.42. The average molecular weight is 356 g/mol. The van der Waals surface area contributed by atoms with E-state index in [9.17, 15) is 24.6 Å². The lowest BCUT2D eigenvalue weighted by molar-refractivity contribution is -0.143. The maximum absolute atomic E-state index is 12.3. The molecule has 2 rings (SSSR count). The Morgan fingerprint density at radius 2 is 2.17 bits per heavy atom. The fraction of sp³-hybridized carbons (Fsp3) is 0.467. The van der Waals surface area contributed by atoms with Crippen molar-refractivity contribution in [3.63, 3.8) is 0 Å². The minimum absolute atomic E-state index is 0.0284. The molecule has 0 spiro atoms. The molecule has 24 heavy (non-hydrogen) atoms. The molecule has 0 unspecified atom stereocenters. The third-order valence-corrected chi connectivity index (χ3v) is 4.05. The summed E-state index contributed by atoms with van der Waals surface area (Å²) in [5, 5.41) is 21.7. The van der Waals surface area contributed by atoms with Gasteiger partial charge < -0.3 is 20.4 Å². The summed E-state index contributed by atoms with van der Waals surface area (Å²) in [5.41, 5.74) is 0.599. The number of carbonyl (C=O) groups excluding carboxylic acids is 2. The number of halogens is 1. The molecule has 1 aromatic rings. The number of aromatic nitrogens is 1. The van der Waals surface area contributed by atoms with E-state index in [2.05, 4.69) is 10.3 Å². The van der Waals surface area contributed by atoms with Gasteiger partial charge in [-0.2, -0.15) is 0 Å². The van der Waals surface area contributed by atoms with Gasteiger partial charge >= 0.3 is 5.97 Å². The first kappa shape index (κ1) is 18.2. The van der Waals surface area contributed by atoms with E-state index in [1.807, 2.05) is 0 Å². The van der Waals surface area contributed by atoms with Crippen molar-refractivity contribution in [3.05, 3.63) is 29.0 Å². The van der Waals surface area contributed by atoms with Crippen molar-refractivity contribution in [3.8, 4) is 0 Å². The van der Waals surface area contributed by atoms with Crippen molar-refractivity contribution in [2.75, 3.05) is 6.54 Å². The lowest BCUT2D eigenvalue weighted by Gasteiger charge is -2.24. The standard InChI is InChI=1S/C15H18ClN3O5/c1-8(20)19-7-10(21)5-12(19)14(22)18-11(15(23)24)4-9-2-3-13(16)17-6-9/h2-3,6,10-12,21H,4-5,7H2,1H3,(H,18,22)(H,23,24)/t10-,11+,12+/m1/s1. The molecule has 9 heteroatoms. The van der Waals surface area contributed by atoms with Crippen molar-refractivity contribution in [1.82, 2.24) is 15.2 Å². The van der Waals surface area contributed by atoms with Crippen LogP contribution in [0.4, 0.5) is 0 Å². The van der Waals surface area contributed by atoms with Gasteiger partial charge in [0.1, 0.15) is 17.2 Å². The van der Waals surface area contributed by atoms with E-state index in [1.54, 1.807) is 6.07 Å². The summed E-state index contributed by atoms with van der Waals surface area (Å²) in [6, 6.07) is 1.11. The van der Waals surface area contributed by atoms with E-state index in [-0.39, 0.29) is 30.4 Å². The largest absolute Gasteiger partial charge is 0.480 e. The molecule has 8 nitrogen and oxygen atoms in total. The predicted octanol–water partition coefficient (Wildman–Crippen LogP) is -0.171. The zero-order valence-corrected chi connectivity index (χ0v) is 13.7. The summed E-state index contributed by atoms with van der Waals surface area (Å²) >= 11 is 5.68. The molecule has 1 saturated heterocycles. The Labute approximate surface area is 143 Å². The number of nitrogens with one attached hydrogen (secondary N) is 1. The SMILES string of the molecule is CC(=O)N1C[C@H](O)C[C@H]1C(=O)N[C@@H](Cc1ccc(Cl)nc1)C(=O)O. The third-order valence-electron chi connectivity index (χ3n) is 3.83. The molecule has 0 saturated carbocycles. The molecule has 3 atom stereocenters. The summed E-state index contributed by atoms with van der Waals surface area (Å²) in [6.45, 7) is 1.36. The number of rotatable bonds is 5. The molecular formula is C15H18ClN3O5. The maximum Gasteiger partial charge on any atom is 0.326 e. The van der Waals surface area contributed by atoms with Gasteiger partial charge in [-0.05, 0) is 11.6 Å². The number of carbonyl (C=O) groups is 3. The van der Waals surface area contributed by atoms with Crippen LogP contribution in [0.15, 0.2) is 18.3 Å². The first-order chi connectivity index (χ1) is 11.3. The average Bonchev–Trinajstić information content (AvgIpc) is 2.91. The van der Waals surface area contributed by atoms with Gasteiger partial charge in [0, 0.05) is 32.5 Å². The number of carboxylic acids is 1. The maximum atomic E-state index is 12.3. The lowest BCUT2D eigenvalue weighted by atomic mass is 10.1. The van der Waals surface area contributed by atoms with Gasteiger partial charge in [-0.3, -0.25) is 9.59 Å². The van der Waals surface area contributed by atoms with Crippen LogP contribution < -0.4 is 5.32 Å². The van der Waals surface area contributed by atoms with Crippen molar-refractivity contribution < 1.29 is 24.6 Å². The van der Waals surface area contributed by atoms with Gasteiger partial charge in [0.15, 0.2) is 0 Å². The molecule has 0 aliphatic carbocycles. The van der Waals surface area contributed by atoms with E-state index in [1.165, 1.54) is 24.1 Å². The molecule has 2 heterocycles. The molecule has 2 amide bonds. The minimum atomic E-state index is -1.20. The Hall–Kier alpha value is -2.19. The van der Waals surface area contributed by atoms with Crippen molar-refractivity contribution in [2.45, 2.75) is 38.0 Å². The number of nitrogens with zero attached hydrogens (tertiary/aromatic N) is 2. The number of aliphatic carboxylic acids is 1. The number of β-amino-alcohol motifs (C(OH)–C–C–N with tert-alkyl or cyclic N) is 1. The molecule has 1 aliphatic rings. The van der Waals surface area contributed by atoms with Crippen LogP contribution in [0.1, 0.15) is 18.9 Å². The van der Waals surface area contributed by atoms with E-state index in [4.69, 9.17) is 11.6 Å². The van der Waals surface area contributed by atoms with Gasteiger partial charge in [0.05, 0.1) is 6.10 Å². The van der Waals surface area contributed by atoms with Gasteiger partial charge in [0.25, 0.3) is 0 Å². The summed E-state index contributed by atoms with van der Waals surface area (Å²) in [6.07, 6.45) is 0.750. The zero-order chi connectivity index (χ0) is 17.9. The molecule has 0 bridgehead atoms. The summed E-state index contributed by atoms with van der Waals surface area (Å²) in [4.78, 5) is 40.4. The number of amides is 2. The second kappa shape index (κ2) is 7.59. The zero-order valence-electron chi connectivity index (χ0n) is 13.0. The Bertz CT molecular complexity index is 637. The van der Waals surface area contributed by atoms with Crippen LogP contribution in [0.3, 0.4) is 0 Å². The number of aliphatic hydroxyl groups is 1. The Balaban J connectivity index is 2.06. The predicted molar refractivity (Wildman–Crippen MR) is 84.3 cm³/mol. The van der Waals surface area contributed by atoms with Crippen LogP contribution in [0.25, 0.3) is 0 Å². The molecule has 0 radical (unpaired) electrons. The first-order valence-electron chi connectivity index (χ1n) is 7.36. The van der Waals surface area contributed by atoms with Crippen LogP contribution in [-0.4, -0.2) is 62.6 Å². The lowest BCUT2D eigenvalue weighted by Crippen LogP contribution is -2.51. The summed E-state index contributed by atoms with van der Waals surface area (Å²) < 4.78 is 0. The fourth-order valence-corrected chi connectivity index (χ4v) is 2.75. The minimum Gasteiger partial charge on any atom is -0.480 e. The molecular weight excluding hydrogens is 338 g/mol.